The number of ketones is 1. The minimum atomic E-state index is -0.370. The molecule has 2 aromatic heterocycles. The molecular weight excluding hydrogens is 580 g/mol. The molecule has 1 atom stereocenters. The van der Waals surface area contributed by atoms with Gasteiger partial charge in [0.2, 0.25) is 17.8 Å². The number of aromatic nitrogens is 4. The molecule has 11 nitrogen and oxygen atoms in total. The molecule has 3 aliphatic heterocycles. The standard InChI is InChI=1S/C35H48N8O3/c1-25(2)29-24-37-43-33(29)39-34(38-28-13-19-46-20-14-28)40-35(43)36-23-27-10-7-9-26(21-27)22-31(44)30-11-3-4-18-42(30)32(45)12-8-17-41-15-5-6-16-41/h7-10,12,21,24-25,28,30H,3-6,11,13-20,22-23H2,1-2H3,(H2,36,38,39,40)/b12-8+. The van der Waals surface area contributed by atoms with E-state index in [1.54, 1.807) is 15.5 Å². The number of hydrogen-bond donors (Lipinski definition) is 2. The Balaban J connectivity index is 1.11. The highest BCUT2D eigenvalue weighted by Gasteiger charge is 2.31. The SMILES string of the molecule is CC(C)c1cnn2c(NCc3cccc(CC(=O)C4CCCCN4C(=O)/C=C/CN4CCCC4)c3)nc(NC3CCOCC3)nc12. The minimum Gasteiger partial charge on any atom is -0.381 e. The third-order valence-corrected chi connectivity index (χ3v) is 9.37. The van der Waals surface area contributed by atoms with E-state index in [-0.39, 0.29) is 29.7 Å². The summed E-state index contributed by atoms with van der Waals surface area (Å²) < 4.78 is 7.29. The second-order valence-electron chi connectivity index (χ2n) is 13.2. The number of carbonyl (C=O) groups excluding carboxylic acids is 2. The van der Waals surface area contributed by atoms with Crippen molar-refractivity contribution in [3.05, 3.63) is 59.3 Å². The fourth-order valence-electron chi connectivity index (χ4n) is 6.75. The maximum Gasteiger partial charge on any atom is 0.246 e. The Labute approximate surface area is 271 Å². The van der Waals surface area contributed by atoms with Crippen molar-refractivity contribution in [3.8, 4) is 0 Å². The third-order valence-electron chi connectivity index (χ3n) is 9.37. The molecule has 3 aromatic rings. The highest BCUT2D eigenvalue weighted by atomic mass is 16.5. The second kappa shape index (κ2) is 15.2. The zero-order valence-electron chi connectivity index (χ0n) is 27.3. The van der Waals surface area contributed by atoms with E-state index in [1.165, 1.54) is 12.8 Å². The van der Waals surface area contributed by atoms with Crippen LogP contribution in [0, 0.1) is 0 Å². The molecule has 0 radical (unpaired) electrons. The van der Waals surface area contributed by atoms with Crippen LogP contribution < -0.4 is 10.6 Å². The van der Waals surface area contributed by atoms with E-state index < -0.39 is 0 Å². The number of anilines is 2. The predicted molar refractivity (Wildman–Crippen MR) is 179 cm³/mol. The van der Waals surface area contributed by atoms with Gasteiger partial charge in [-0.15, -0.1) is 0 Å². The van der Waals surface area contributed by atoms with E-state index >= 15 is 0 Å². The van der Waals surface area contributed by atoms with Crippen LogP contribution in [-0.4, -0.2) is 92.5 Å². The van der Waals surface area contributed by atoms with Crippen molar-refractivity contribution in [3.63, 3.8) is 0 Å². The van der Waals surface area contributed by atoms with Gasteiger partial charge in [0, 0.05) is 57.0 Å². The normalized spacial score (nSPS) is 19.8. The van der Waals surface area contributed by atoms with Crippen molar-refractivity contribution in [2.24, 2.45) is 0 Å². The summed E-state index contributed by atoms with van der Waals surface area (Å²) in [7, 11) is 0. The fraction of sp³-hybridized carbons (Fsp3) is 0.571. The largest absolute Gasteiger partial charge is 0.381 e. The van der Waals surface area contributed by atoms with Gasteiger partial charge in [-0.2, -0.15) is 19.6 Å². The predicted octanol–water partition coefficient (Wildman–Crippen LogP) is 4.60. The van der Waals surface area contributed by atoms with E-state index in [2.05, 4.69) is 40.5 Å². The number of Topliss-reactive ketones (excluding diaryl/α,β-unsaturated/α-hetero) is 1. The Morgan fingerprint density at radius 3 is 2.61 bits per heavy atom. The number of fused-ring (bicyclic) bond motifs is 1. The van der Waals surface area contributed by atoms with E-state index in [4.69, 9.17) is 14.7 Å². The lowest BCUT2D eigenvalue weighted by Gasteiger charge is -2.34. The summed E-state index contributed by atoms with van der Waals surface area (Å²) in [6.45, 7) is 9.88. The molecule has 1 aromatic carbocycles. The molecule has 0 bridgehead atoms. The summed E-state index contributed by atoms with van der Waals surface area (Å²) in [5.74, 6) is 1.52. The lowest BCUT2D eigenvalue weighted by Crippen LogP contribution is -2.48. The minimum absolute atomic E-state index is 0.0451. The smallest absolute Gasteiger partial charge is 0.246 e. The monoisotopic (exact) mass is 628 g/mol. The Kier molecular flexibility index (Phi) is 10.6. The van der Waals surface area contributed by atoms with Gasteiger partial charge in [0.05, 0.1) is 12.2 Å². The van der Waals surface area contributed by atoms with Gasteiger partial charge in [-0.3, -0.25) is 14.5 Å². The first-order valence-electron chi connectivity index (χ1n) is 17.1. The van der Waals surface area contributed by atoms with Crippen LogP contribution in [0.25, 0.3) is 5.65 Å². The van der Waals surface area contributed by atoms with Crippen molar-refractivity contribution in [1.29, 1.82) is 0 Å². The van der Waals surface area contributed by atoms with Crippen LogP contribution in [0.5, 0.6) is 0 Å². The van der Waals surface area contributed by atoms with Gasteiger partial charge in [-0.05, 0) is 75.1 Å². The van der Waals surface area contributed by atoms with Crippen molar-refractivity contribution in [2.75, 3.05) is 50.0 Å². The zero-order chi connectivity index (χ0) is 31.9. The summed E-state index contributed by atoms with van der Waals surface area (Å²) in [5.41, 5.74) is 3.84. The van der Waals surface area contributed by atoms with Crippen LogP contribution in [0.3, 0.4) is 0 Å². The van der Waals surface area contributed by atoms with Crippen molar-refractivity contribution >= 4 is 29.2 Å². The van der Waals surface area contributed by atoms with Gasteiger partial charge in [0.25, 0.3) is 0 Å². The molecule has 3 fully saturated rings. The number of nitrogens with zero attached hydrogens (tertiary/aromatic N) is 6. The summed E-state index contributed by atoms with van der Waals surface area (Å²) in [6, 6.07) is 8.00. The van der Waals surface area contributed by atoms with Gasteiger partial charge in [-0.25, -0.2) is 0 Å². The van der Waals surface area contributed by atoms with Gasteiger partial charge in [0.15, 0.2) is 11.4 Å². The summed E-state index contributed by atoms with van der Waals surface area (Å²) in [4.78, 5) is 40.5. The third kappa shape index (κ3) is 7.93. The first-order valence-corrected chi connectivity index (χ1v) is 17.1. The molecule has 3 saturated heterocycles. The maximum absolute atomic E-state index is 13.6. The molecule has 0 aliphatic carbocycles. The van der Waals surface area contributed by atoms with Gasteiger partial charge in [-0.1, -0.05) is 44.2 Å². The van der Waals surface area contributed by atoms with Crippen LogP contribution in [0.1, 0.15) is 81.4 Å². The van der Waals surface area contributed by atoms with Crippen LogP contribution >= 0.6 is 0 Å². The first-order chi connectivity index (χ1) is 22.4. The molecular formula is C35H48N8O3. The summed E-state index contributed by atoms with van der Waals surface area (Å²) in [5, 5.41) is 11.6. The summed E-state index contributed by atoms with van der Waals surface area (Å²) in [6.07, 6.45) is 12.7. The Morgan fingerprint density at radius 1 is 1.02 bits per heavy atom. The lowest BCUT2D eigenvalue weighted by atomic mass is 9.94. The molecule has 1 unspecified atom stereocenters. The van der Waals surface area contributed by atoms with Crippen molar-refractivity contribution in [2.45, 2.75) is 89.8 Å². The van der Waals surface area contributed by atoms with Crippen LogP contribution in [0.15, 0.2) is 42.6 Å². The number of hydrogen-bond acceptors (Lipinski definition) is 9. The van der Waals surface area contributed by atoms with E-state index in [0.29, 0.717) is 31.4 Å². The maximum atomic E-state index is 13.6. The number of piperidine rings is 1. The summed E-state index contributed by atoms with van der Waals surface area (Å²) >= 11 is 0. The topological polar surface area (TPSA) is 117 Å². The Bertz CT molecular complexity index is 1520. The zero-order valence-corrected chi connectivity index (χ0v) is 27.3. The molecule has 0 spiro atoms. The molecule has 11 heteroatoms. The number of amides is 1. The van der Waals surface area contributed by atoms with Crippen LogP contribution in [-0.2, 0) is 27.3 Å². The highest BCUT2D eigenvalue weighted by molar-refractivity contribution is 5.94. The lowest BCUT2D eigenvalue weighted by molar-refractivity contribution is -0.137. The molecule has 0 saturated carbocycles. The second-order valence-corrected chi connectivity index (χ2v) is 13.2. The van der Waals surface area contributed by atoms with Crippen molar-refractivity contribution < 1.29 is 14.3 Å². The number of rotatable bonds is 12. The van der Waals surface area contributed by atoms with E-state index in [9.17, 15) is 9.59 Å². The van der Waals surface area contributed by atoms with E-state index in [1.807, 2.05) is 30.5 Å². The number of carbonyl (C=O) groups is 2. The highest BCUT2D eigenvalue weighted by Crippen LogP contribution is 2.24. The Morgan fingerprint density at radius 2 is 1.80 bits per heavy atom. The quantitative estimate of drug-likeness (QED) is 0.278. The van der Waals surface area contributed by atoms with Crippen LogP contribution in [0.4, 0.5) is 11.9 Å². The van der Waals surface area contributed by atoms with Crippen molar-refractivity contribution in [1.82, 2.24) is 29.4 Å². The fourth-order valence-corrected chi connectivity index (χ4v) is 6.75. The van der Waals surface area contributed by atoms with Gasteiger partial charge < -0.3 is 20.3 Å². The van der Waals surface area contributed by atoms with Crippen LogP contribution in [0.2, 0.25) is 0 Å². The molecule has 2 N–H and O–H groups in total. The molecule has 246 valence electrons. The molecule has 3 aliphatic rings. The number of likely N-dealkylation sites (tertiary alicyclic amines) is 2. The van der Waals surface area contributed by atoms with Gasteiger partial charge >= 0.3 is 0 Å². The molecule has 1 amide bonds. The molecule has 46 heavy (non-hydrogen) atoms. The molecule has 6 rings (SSSR count). The van der Waals surface area contributed by atoms with E-state index in [0.717, 1.165) is 87.3 Å². The average molecular weight is 629 g/mol. The van der Waals surface area contributed by atoms with Gasteiger partial charge in [0.1, 0.15) is 0 Å². The number of benzene rings is 1. The Hall–Kier alpha value is -3.83. The first kappa shape index (κ1) is 32.1. The average Bonchev–Trinajstić information content (AvgIpc) is 3.75. The number of ether oxygens (including phenoxy) is 1. The molecule has 5 heterocycles. The number of nitrogens with one attached hydrogen (secondary N) is 2.